The molecule has 5 aliphatic heterocycles. The van der Waals surface area contributed by atoms with Gasteiger partial charge >= 0.3 is 12.1 Å². The Labute approximate surface area is 895 Å². The number of aromatic nitrogens is 10. The van der Waals surface area contributed by atoms with E-state index in [1.807, 2.05) is 189 Å². The Hall–Kier alpha value is -14.0. The molecule has 1 saturated carbocycles. The van der Waals surface area contributed by atoms with Crippen LogP contribution in [0.2, 0.25) is 25.1 Å². The minimum absolute atomic E-state index is 0.0181. The van der Waals surface area contributed by atoms with Crippen molar-refractivity contribution in [2.24, 2.45) is 17.8 Å². The monoisotopic (exact) mass is 2120 g/mol. The molecular formula is C117H116Cl5F3N18O7. The molecule has 5 amide bonds. The molecular weight excluding hydrogens is 2000 g/mol. The van der Waals surface area contributed by atoms with Gasteiger partial charge in [0.15, 0.2) is 0 Å². The predicted molar refractivity (Wildman–Crippen MR) is 581 cm³/mol. The largest absolute Gasteiger partial charge is 0.471 e. The summed E-state index contributed by atoms with van der Waals surface area (Å²) in [6.45, 7) is 16.1. The first-order valence-corrected chi connectivity index (χ1v) is 52.5. The van der Waals surface area contributed by atoms with Crippen LogP contribution < -0.4 is 16.4 Å². The summed E-state index contributed by atoms with van der Waals surface area (Å²) in [6.07, 6.45) is 5.78. The van der Waals surface area contributed by atoms with Gasteiger partial charge < -0.3 is 20.4 Å². The van der Waals surface area contributed by atoms with E-state index < -0.39 is 12.1 Å². The lowest BCUT2D eigenvalue weighted by atomic mass is 9.89. The second-order valence-electron chi connectivity index (χ2n) is 38.3. The maximum absolute atomic E-state index is 13.0. The first-order valence-electron chi connectivity index (χ1n) is 50.7. The third kappa shape index (κ3) is 27.8. The van der Waals surface area contributed by atoms with Gasteiger partial charge in [-0.3, -0.25) is 54.0 Å². The first-order chi connectivity index (χ1) is 72.4. The van der Waals surface area contributed by atoms with E-state index in [2.05, 4.69) is 98.9 Å². The number of benzene rings is 9. The van der Waals surface area contributed by atoms with Crippen molar-refractivity contribution in [1.29, 1.82) is 0 Å². The number of hydrogen-bond donors (Lipinski definition) is 3. The van der Waals surface area contributed by atoms with E-state index in [-0.39, 0.29) is 91.2 Å². The molecule has 33 heteroatoms. The summed E-state index contributed by atoms with van der Waals surface area (Å²) in [5.74, 6) is -0.367. The minimum atomic E-state index is -4.95. The number of nitrogens with one attached hydrogen (secondary N) is 2. The highest BCUT2D eigenvalue weighted by atomic mass is 35.5. The number of hydrogen-bond acceptors (Lipinski definition) is 20. The number of fused-ring (bicyclic) bond motifs is 5. The number of amides is 5. The van der Waals surface area contributed by atoms with Gasteiger partial charge in [-0.05, 0) is 85.0 Å². The molecule has 0 atom stereocenters. The van der Waals surface area contributed by atoms with E-state index in [1.54, 1.807) is 49.1 Å². The summed E-state index contributed by atoms with van der Waals surface area (Å²) in [7, 11) is 0. The van der Waals surface area contributed by atoms with Gasteiger partial charge in [-0.15, -0.1) is 0 Å². The topological polar surface area (TPSA) is 315 Å². The Balaban J connectivity index is 0.000000134. The summed E-state index contributed by atoms with van der Waals surface area (Å²) in [5, 5.41) is 8.70. The second kappa shape index (κ2) is 51.0. The zero-order valence-corrected chi connectivity index (χ0v) is 87.9. The molecule has 9 aromatic carbocycles. The van der Waals surface area contributed by atoms with Crippen LogP contribution in [0.15, 0.2) is 243 Å². The molecule has 1 aliphatic carbocycles. The van der Waals surface area contributed by atoms with Crippen molar-refractivity contribution < 1.29 is 46.7 Å². The summed E-state index contributed by atoms with van der Waals surface area (Å²) in [6, 6.07) is 76.8. The molecule has 14 aromatic rings. The van der Waals surface area contributed by atoms with Crippen LogP contribution >= 0.6 is 58.0 Å². The molecule has 0 radical (unpaired) electrons. The van der Waals surface area contributed by atoms with Gasteiger partial charge in [0, 0.05) is 227 Å². The zero-order chi connectivity index (χ0) is 106. The van der Waals surface area contributed by atoms with Gasteiger partial charge in [0.2, 0.25) is 29.7 Å². The Bertz CT molecular complexity index is 7220. The number of nitrogens with zero attached hydrogens (tertiary/aromatic N) is 15. The molecule has 6 aliphatic rings. The van der Waals surface area contributed by atoms with Crippen molar-refractivity contribution in [3.8, 4) is 56.3 Å². The highest BCUT2D eigenvalue weighted by molar-refractivity contribution is 6.35. The Morgan fingerprint density at radius 1 is 0.373 bits per heavy atom. The molecule has 25 nitrogen and oxygen atoms in total. The minimum Gasteiger partial charge on any atom is -0.368 e. The van der Waals surface area contributed by atoms with Gasteiger partial charge in [-0.25, -0.2) is 49.8 Å². The quantitative estimate of drug-likeness (QED) is 0.0536. The standard InChI is InChI=1S/C27H29ClN4O.C25H25ClN4O2.C25H24ClN3O2.C20H19ClF3N3O2.C20H19ClN4/c28-23-14-8-7-13-21(23)25-22-18-32(17-19-9-3-1-4-10-19)16-15-24(22)29-27(30-25)31-26(33)20-11-5-2-6-12-20;1-2-3-13-22(31)28-25-27-21-14-15-30(24(32)17-9-5-4-6-10-17)16-19(21)23(29-25)18-11-7-8-12-20(18)26;1-16(2)22(30)14-23-27-21-12-13-29(25(31)17-8-4-3-5-9-17)15-19(21)24(28-23)18-10-6-7-11-20(18)26;1-11(2)16(28)9-17-25-15-7-8-27(19(29)20(22,23)24)10-13(15)18(26-17)12-5-3-4-6-14(12)21;21-17-9-5-4-8-15(17)19-16-13-25(12-14-6-2-1-3-7-14)11-10-18(16)23-20(22)24-19/h1,3-4,7-10,13-14,20H,2,5-6,11-12,15-18H2,(H,29,30,31,33);4-12H,2-3,13-16H2,1H3,(H,27,28,29,31);3-11,16H,12-15H2,1-2H3;3-6,11H,7-10H2,1-2H3;1-9H,10-13H2,(H2,22,23,24). The van der Waals surface area contributed by atoms with Crippen LogP contribution in [0.5, 0.6) is 0 Å². The maximum Gasteiger partial charge on any atom is 0.471 e. The molecule has 0 spiro atoms. The van der Waals surface area contributed by atoms with E-state index in [9.17, 15) is 46.7 Å². The van der Waals surface area contributed by atoms with Gasteiger partial charge in [-0.1, -0.05) is 306 Å². The number of Topliss-reactive ketones (excluding diaryl/α,β-unsaturated/α-hetero) is 2. The molecule has 150 heavy (non-hydrogen) atoms. The maximum atomic E-state index is 13.0. The fraction of sp³-hybridized carbons (Fsp3) is 0.308. The van der Waals surface area contributed by atoms with E-state index in [0.29, 0.717) is 139 Å². The SMILES string of the molecule is CC(C)C(=O)Cc1nc2c(c(-c3ccccc3Cl)n1)CN(C(=O)C(F)(F)F)CC2.CC(C)C(=O)Cc1nc2c(c(-c3ccccc3Cl)n1)CN(C(=O)c1ccccc1)CC2.CCCCC(=O)Nc1nc2c(c(-c3ccccc3Cl)n1)CN(C(=O)c1ccccc1)CC2.Nc1nc2c(c(-c3ccccc3Cl)n1)CN(Cc1ccccc1)CC2.O=C(Nc1nc2c(c(-c3ccccc3Cl)n1)CN(Cc1ccccc1)CC2)C1CCCCC1. The molecule has 1 fully saturated rings. The van der Waals surface area contributed by atoms with Crippen molar-refractivity contribution in [3.63, 3.8) is 0 Å². The van der Waals surface area contributed by atoms with Gasteiger partial charge in [0.25, 0.3) is 11.8 Å². The summed E-state index contributed by atoms with van der Waals surface area (Å²) in [5.41, 5.74) is 25.8. The van der Waals surface area contributed by atoms with Crippen molar-refractivity contribution in [2.45, 2.75) is 183 Å². The van der Waals surface area contributed by atoms with Gasteiger partial charge in [-0.2, -0.15) is 13.2 Å². The fourth-order valence-corrected chi connectivity index (χ4v) is 20.1. The Kier molecular flexibility index (Phi) is 37.0. The van der Waals surface area contributed by atoms with Crippen LogP contribution in [0.1, 0.15) is 186 Å². The molecule has 0 bridgehead atoms. The number of alkyl halides is 3. The lowest BCUT2D eigenvalue weighted by Crippen LogP contribution is -2.44. The Morgan fingerprint density at radius 2 is 0.693 bits per heavy atom. The van der Waals surface area contributed by atoms with Crippen LogP contribution in [0.4, 0.5) is 31.0 Å². The molecule has 0 unspecified atom stereocenters. The number of rotatable bonds is 23. The molecule has 772 valence electrons. The zero-order valence-electron chi connectivity index (χ0n) is 84.1. The van der Waals surface area contributed by atoms with Crippen LogP contribution in [-0.2, 0) is 115 Å². The molecule has 20 rings (SSSR count). The van der Waals surface area contributed by atoms with Crippen molar-refractivity contribution >= 4 is 117 Å². The molecule has 10 heterocycles. The fourth-order valence-electron chi connectivity index (χ4n) is 19.0. The number of nitrogen functional groups attached to an aromatic ring is 1. The first kappa shape index (κ1) is 109. The number of carbonyl (C=O) groups excluding carboxylic acids is 7. The second-order valence-corrected chi connectivity index (χ2v) is 40.4. The normalized spacial score (nSPS) is 14.3. The number of halogens is 8. The number of ketones is 2. The van der Waals surface area contributed by atoms with Crippen LogP contribution in [-0.4, -0.2) is 154 Å². The average Bonchev–Trinajstić information content (AvgIpc) is 0.786. The molecule has 5 aromatic heterocycles. The predicted octanol–water partition coefficient (Wildman–Crippen LogP) is 23.7. The van der Waals surface area contributed by atoms with Crippen molar-refractivity contribution in [2.75, 3.05) is 49.1 Å². The van der Waals surface area contributed by atoms with Crippen LogP contribution in [0.3, 0.4) is 0 Å². The molecule has 0 saturated heterocycles. The van der Waals surface area contributed by atoms with Gasteiger partial charge in [0.05, 0.1) is 69.8 Å². The third-order valence-electron chi connectivity index (χ3n) is 27.0. The lowest BCUT2D eigenvalue weighted by molar-refractivity contribution is -0.186. The highest BCUT2D eigenvalue weighted by Gasteiger charge is 2.44. The highest BCUT2D eigenvalue weighted by Crippen LogP contribution is 2.42. The van der Waals surface area contributed by atoms with Crippen molar-refractivity contribution in [1.82, 2.24) is 74.3 Å². The van der Waals surface area contributed by atoms with E-state index in [4.69, 9.17) is 83.7 Å². The van der Waals surface area contributed by atoms with Crippen molar-refractivity contribution in [3.05, 3.63) is 358 Å². The van der Waals surface area contributed by atoms with Gasteiger partial charge in [0.1, 0.15) is 23.2 Å². The number of nitrogens with two attached hydrogens (primary N) is 1. The summed E-state index contributed by atoms with van der Waals surface area (Å²) >= 11 is 32.3. The number of unbranched alkanes of at least 4 members (excludes halogenated alkanes) is 1. The lowest BCUT2D eigenvalue weighted by Gasteiger charge is -2.30. The number of anilines is 3. The number of carbonyl (C=O) groups is 7. The molecule has 4 N–H and O–H groups in total. The van der Waals surface area contributed by atoms with E-state index >= 15 is 0 Å². The smallest absolute Gasteiger partial charge is 0.368 e. The Morgan fingerprint density at radius 3 is 1.07 bits per heavy atom. The third-order valence-corrected chi connectivity index (χ3v) is 28.7. The average molecular weight is 2120 g/mol. The van der Waals surface area contributed by atoms with E-state index in [0.717, 1.165) is 174 Å². The van der Waals surface area contributed by atoms with E-state index in [1.165, 1.54) is 17.5 Å². The van der Waals surface area contributed by atoms with Crippen LogP contribution in [0, 0.1) is 17.8 Å². The summed E-state index contributed by atoms with van der Waals surface area (Å²) in [4.78, 5) is 143. The summed E-state index contributed by atoms with van der Waals surface area (Å²) < 4.78 is 38.7. The van der Waals surface area contributed by atoms with Crippen LogP contribution in [0.25, 0.3) is 56.3 Å².